The molecule has 1 aliphatic heterocycles. The largest absolute Gasteiger partial charge is 0.370 e. The topological polar surface area (TPSA) is 84.8 Å². The summed E-state index contributed by atoms with van der Waals surface area (Å²) in [6.45, 7) is 0.963. The summed E-state index contributed by atoms with van der Waals surface area (Å²) >= 11 is 0. The SMILES string of the molecule is O=C(Cn1ccc2ccccc21)Nc1n[nH]c([C@@H]2CCCO2)n1. The fourth-order valence-electron chi connectivity index (χ4n) is 2.86. The number of carbonyl (C=O) groups excluding carboxylic acids is 1. The van der Waals surface area contributed by atoms with E-state index in [2.05, 4.69) is 20.5 Å². The van der Waals surface area contributed by atoms with Crippen LogP contribution < -0.4 is 5.32 Å². The van der Waals surface area contributed by atoms with Crippen molar-refractivity contribution in [3.63, 3.8) is 0 Å². The van der Waals surface area contributed by atoms with E-state index in [1.807, 2.05) is 41.1 Å². The van der Waals surface area contributed by atoms with Crippen LogP contribution in [0.4, 0.5) is 5.95 Å². The van der Waals surface area contributed by atoms with Gasteiger partial charge in [-0.1, -0.05) is 18.2 Å². The Morgan fingerprint density at radius 1 is 1.39 bits per heavy atom. The lowest BCUT2D eigenvalue weighted by Gasteiger charge is -2.05. The van der Waals surface area contributed by atoms with Gasteiger partial charge < -0.3 is 9.30 Å². The molecule has 4 rings (SSSR count). The minimum Gasteiger partial charge on any atom is -0.370 e. The zero-order valence-corrected chi connectivity index (χ0v) is 12.5. The number of fused-ring (bicyclic) bond motifs is 1. The van der Waals surface area contributed by atoms with Crippen LogP contribution in [-0.2, 0) is 16.1 Å². The number of H-pyrrole nitrogens is 1. The van der Waals surface area contributed by atoms with E-state index in [1.54, 1.807) is 0 Å². The Kier molecular flexibility index (Phi) is 3.55. The molecule has 1 amide bonds. The third kappa shape index (κ3) is 2.83. The van der Waals surface area contributed by atoms with Crippen LogP contribution in [0.3, 0.4) is 0 Å². The molecule has 3 heterocycles. The Labute approximate surface area is 132 Å². The number of hydrogen-bond donors (Lipinski definition) is 2. The second-order valence-corrected chi connectivity index (χ2v) is 5.60. The van der Waals surface area contributed by atoms with Crippen LogP contribution in [0, 0.1) is 0 Å². The molecule has 23 heavy (non-hydrogen) atoms. The summed E-state index contributed by atoms with van der Waals surface area (Å²) < 4.78 is 7.44. The van der Waals surface area contributed by atoms with Crippen molar-refractivity contribution in [1.29, 1.82) is 0 Å². The summed E-state index contributed by atoms with van der Waals surface area (Å²) in [5.74, 6) is 0.797. The molecule has 1 saturated heterocycles. The van der Waals surface area contributed by atoms with E-state index in [0.717, 1.165) is 30.4 Å². The summed E-state index contributed by atoms with van der Waals surface area (Å²) in [4.78, 5) is 16.5. The molecule has 0 unspecified atom stereocenters. The standard InChI is InChI=1S/C16H17N5O2/c22-14(10-21-8-7-11-4-1-2-5-12(11)21)17-16-18-15(19-20-16)13-6-3-9-23-13/h1-2,4-5,7-8,13H,3,6,9-10H2,(H2,17,18,19,20,22)/t13-/m0/s1. The number of hydrogen-bond acceptors (Lipinski definition) is 4. The molecule has 0 aliphatic carbocycles. The van der Waals surface area contributed by atoms with Gasteiger partial charge >= 0.3 is 0 Å². The number of ether oxygens (including phenoxy) is 1. The number of nitrogens with zero attached hydrogens (tertiary/aromatic N) is 3. The maximum absolute atomic E-state index is 12.2. The molecular formula is C16H17N5O2. The molecule has 2 N–H and O–H groups in total. The fraction of sp³-hybridized carbons (Fsp3) is 0.312. The van der Waals surface area contributed by atoms with Gasteiger partial charge in [-0.3, -0.25) is 15.2 Å². The van der Waals surface area contributed by atoms with Gasteiger partial charge in [0.05, 0.1) is 0 Å². The molecule has 118 valence electrons. The van der Waals surface area contributed by atoms with Gasteiger partial charge in [-0.25, -0.2) is 0 Å². The van der Waals surface area contributed by atoms with Crippen molar-refractivity contribution in [2.24, 2.45) is 0 Å². The molecule has 0 saturated carbocycles. The summed E-state index contributed by atoms with van der Waals surface area (Å²) in [6, 6.07) is 9.94. The Hall–Kier alpha value is -2.67. The second kappa shape index (κ2) is 5.85. The van der Waals surface area contributed by atoms with Gasteiger partial charge in [-0.2, -0.15) is 4.98 Å². The van der Waals surface area contributed by atoms with Crippen molar-refractivity contribution >= 4 is 22.8 Å². The first-order valence-corrected chi connectivity index (χ1v) is 7.67. The molecule has 3 aromatic rings. The van der Waals surface area contributed by atoms with Crippen LogP contribution in [0.15, 0.2) is 36.5 Å². The highest BCUT2D eigenvalue weighted by Gasteiger charge is 2.21. The number of anilines is 1. The summed E-state index contributed by atoms with van der Waals surface area (Å²) in [6.07, 6.45) is 3.81. The van der Waals surface area contributed by atoms with Gasteiger partial charge in [0.25, 0.3) is 0 Å². The quantitative estimate of drug-likeness (QED) is 0.774. The summed E-state index contributed by atoms with van der Waals surface area (Å²) in [5, 5.41) is 10.7. The molecule has 7 heteroatoms. The zero-order chi connectivity index (χ0) is 15.6. The number of para-hydroxylation sites is 1. The van der Waals surface area contributed by atoms with Gasteiger partial charge in [-0.05, 0) is 30.4 Å². The molecule has 1 aromatic carbocycles. The number of nitrogens with one attached hydrogen (secondary N) is 2. The maximum atomic E-state index is 12.2. The number of benzene rings is 1. The van der Waals surface area contributed by atoms with Crippen LogP contribution in [0.1, 0.15) is 24.8 Å². The van der Waals surface area contributed by atoms with Crippen molar-refractivity contribution in [2.45, 2.75) is 25.5 Å². The first-order chi connectivity index (χ1) is 11.3. The molecular weight excluding hydrogens is 294 g/mol. The Morgan fingerprint density at radius 3 is 3.17 bits per heavy atom. The predicted molar refractivity (Wildman–Crippen MR) is 84.9 cm³/mol. The monoisotopic (exact) mass is 311 g/mol. The van der Waals surface area contributed by atoms with Crippen LogP contribution in [0.2, 0.25) is 0 Å². The van der Waals surface area contributed by atoms with E-state index in [9.17, 15) is 4.79 Å². The summed E-state index contributed by atoms with van der Waals surface area (Å²) in [5.41, 5.74) is 1.03. The predicted octanol–water partition coefficient (Wildman–Crippen LogP) is 2.25. The third-order valence-electron chi connectivity index (χ3n) is 3.98. The highest BCUT2D eigenvalue weighted by molar-refractivity contribution is 5.90. The maximum Gasteiger partial charge on any atom is 0.248 e. The Balaban J connectivity index is 1.43. The van der Waals surface area contributed by atoms with E-state index < -0.39 is 0 Å². The van der Waals surface area contributed by atoms with Crippen LogP contribution >= 0.6 is 0 Å². The van der Waals surface area contributed by atoms with Gasteiger partial charge in [-0.15, -0.1) is 5.10 Å². The average Bonchev–Trinajstić information content (AvgIpc) is 3.27. The lowest BCUT2D eigenvalue weighted by Crippen LogP contribution is -2.19. The fourth-order valence-corrected chi connectivity index (χ4v) is 2.86. The molecule has 1 aliphatic rings. The third-order valence-corrected chi connectivity index (χ3v) is 3.98. The molecule has 0 bridgehead atoms. The smallest absolute Gasteiger partial charge is 0.248 e. The van der Waals surface area contributed by atoms with E-state index in [1.165, 1.54) is 0 Å². The lowest BCUT2D eigenvalue weighted by molar-refractivity contribution is -0.116. The van der Waals surface area contributed by atoms with E-state index >= 15 is 0 Å². The highest BCUT2D eigenvalue weighted by atomic mass is 16.5. The number of rotatable bonds is 4. The van der Waals surface area contributed by atoms with Crippen LogP contribution in [0.25, 0.3) is 10.9 Å². The molecule has 0 spiro atoms. The van der Waals surface area contributed by atoms with E-state index in [4.69, 9.17) is 4.74 Å². The first-order valence-electron chi connectivity index (χ1n) is 7.67. The molecule has 1 atom stereocenters. The average molecular weight is 311 g/mol. The van der Waals surface area contributed by atoms with Gasteiger partial charge in [0.1, 0.15) is 12.6 Å². The molecule has 0 radical (unpaired) electrons. The van der Waals surface area contributed by atoms with Crippen molar-refractivity contribution in [3.05, 3.63) is 42.4 Å². The van der Waals surface area contributed by atoms with E-state index in [-0.39, 0.29) is 24.5 Å². The highest BCUT2D eigenvalue weighted by Crippen LogP contribution is 2.26. The zero-order valence-electron chi connectivity index (χ0n) is 12.5. The first kappa shape index (κ1) is 14.0. The number of amides is 1. The van der Waals surface area contributed by atoms with Crippen molar-refractivity contribution in [3.8, 4) is 0 Å². The summed E-state index contributed by atoms with van der Waals surface area (Å²) in [7, 11) is 0. The lowest BCUT2D eigenvalue weighted by atomic mass is 10.2. The van der Waals surface area contributed by atoms with E-state index in [0.29, 0.717) is 5.82 Å². The minimum absolute atomic E-state index is 0.0402. The van der Waals surface area contributed by atoms with Gasteiger partial charge in [0.2, 0.25) is 11.9 Å². The van der Waals surface area contributed by atoms with Crippen molar-refractivity contribution in [1.82, 2.24) is 19.7 Å². The molecule has 7 nitrogen and oxygen atoms in total. The van der Waals surface area contributed by atoms with Crippen LogP contribution in [-0.4, -0.2) is 32.3 Å². The Morgan fingerprint density at radius 2 is 2.30 bits per heavy atom. The van der Waals surface area contributed by atoms with Crippen LogP contribution in [0.5, 0.6) is 0 Å². The number of aromatic amines is 1. The minimum atomic E-state index is -0.163. The second-order valence-electron chi connectivity index (χ2n) is 5.60. The number of aromatic nitrogens is 4. The van der Waals surface area contributed by atoms with Crippen molar-refractivity contribution in [2.75, 3.05) is 11.9 Å². The number of carbonyl (C=O) groups is 1. The molecule has 2 aromatic heterocycles. The molecule has 1 fully saturated rings. The van der Waals surface area contributed by atoms with Crippen molar-refractivity contribution < 1.29 is 9.53 Å². The van der Waals surface area contributed by atoms with Gasteiger partial charge in [0.15, 0.2) is 5.82 Å². The Bertz CT molecular complexity index is 832. The van der Waals surface area contributed by atoms with Gasteiger partial charge in [0, 0.05) is 18.3 Å². The normalized spacial score (nSPS) is 17.7.